The van der Waals surface area contributed by atoms with Gasteiger partial charge in [-0.1, -0.05) is 88.4 Å². The van der Waals surface area contributed by atoms with Crippen LogP contribution in [0.1, 0.15) is 72.2 Å². The van der Waals surface area contributed by atoms with E-state index < -0.39 is 0 Å². The molecule has 0 amide bonds. The van der Waals surface area contributed by atoms with Gasteiger partial charge in [-0.3, -0.25) is 0 Å². The maximum absolute atomic E-state index is 2.47. The molecule has 0 saturated carbocycles. The molecular formula is C28H34. The molecule has 0 radical (unpaired) electrons. The van der Waals surface area contributed by atoms with Crippen LogP contribution in [0.25, 0.3) is 0 Å². The molecule has 0 heteroatoms. The van der Waals surface area contributed by atoms with E-state index in [2.05, 4.69) is 88.4 Å². The number of benzene rings is 3. The van der Waals surface area contributed by atoms with Gasteiger partial charge in [-0.05, 0) is 83.0 Å². The van der Waals surface area contributed by atoms with Crippen LogP contribution in [0.5, 0.6) is 0 Å². The lowest BCUT2D eigenvalue weighted by molar-refractivity contribution is 0.994. The molecule has 0 atom stereocenters. The third-order valence-corrected chi connectivity index (χ3v) is 5.94. The van der Waals surface area contributed by atoms with Crippen LogP contribution in [-0.4, -0.2) is 0 Å². The third-order valence-electron chi connectivity index (χ3n) is 5.94. The Labute approximate surface area is 171 Å². The van der Waals surface area contributed by atoms with Crippen molar-refractivity contribution in [2.45, 2.75) is 66.2 Å². The van der Waals surface area contributed by atoms with Crippen LogP contribution in [-0.2, 0) is 38.5 Å². The van der Waals surface area contributed by atoms with Gasteiger partial charge < -0.3 is 0 Å². The van der Waals surface area contributed by atoms with E-state index in [1.807, 2.05) is 0 Å². The van der Waals surface area contributed by atoms with Crippen LogP contribution >= 0.6 is 0 Å². The van der Waals surface area contributed by atoms with Gasteiger partial charge in [0.25, 0.3) is 0 Å². The monoisotopic (exact) mass is 370 g/mol. The van der Waals surface area contributed by atoms with Crippen molar-refractivity contribution in [2.75, 3.05) is 0 Å². The summed E-state index contributed by atoms with van der Waals surface area (Å²) in [5, 5.41) is 0. The van der Waals surface area contributed by atoms with Gasteiger partial charge in [0.1, 0.15) is 0 Å². The minimum Gasteiger partial charge on any atom is -0.0613 e. The third kappa shape index (κ3) is 4.93. The van der Waals surface area contributed by atoms with Gasteiger partial charge in [-0.25, -0.2) is 0 Å². The van der Waals surface area contributed by atoms with E-state index >= 15 is 0 Å². The second-order valence-corrected chi connectivity index (χ2v) is 7.79. The Morgan fingerprint density at radius 2 is 0.714 bits per heavy atom. The van der Waals surface area contributed by atoms with E-state index in [0.29, 0.717) is 0 Å². The van der Waals surface area contributed by atoms with Crippen molar-refractivity contribution in [3.05, 3.63) is 105 Å². The van der Waals surface area contributed by atoms with E-state index in [1.165, 1.54) is 44.5 Å². The first-order chi connectivity index (χ1) is 13.7. The highest BCUT2D eigenvalue weighted by molar-refractivity contribution is 5.43. The minimum atomic E-state index is 1.03. The molecule has 0 aliphatic carbocycles. The average molecular weight is 371 g/mol. The molecule has 0 N–H and O–H groups in total. The molecule has 3 rings (SSSR count). The van der Waals surface area contributed by atoms with E-state index in [1.54, 1.807) is 0 Å². The summed E-state index contributed by atoms with van der Waals surface area (Å²) in [5.41, 5.74) is 11.6. The fourth-order valence-corrected chi connectivity index (χ4v) is 4.00. The van der Waals surface area contributed by atoms with Crippen molar-refractivity contribution in [3.8, 4) is 0 Å². The SMILES string of the molecule is CCc1ccc(Cc2cc(CC)c(Cc3ccc(CC)cc3)cc2CC)cc1. The zero-order valence-corrected chi connectivity index (χ0v) is 18.0. The van der Waals surface area contributed by atoms with Gasteiger partial charge in [0.15, 0.2) is 0 Å². The number of rotatable bonds is 8. The molecule has 0 nitrogen and oxygen atoms in total. The lowest BCUT2D eigenvalue weighted by atomic mass is 9.89. The van der Waals surface area contributed by atoms with Gasteiger partial charge in [0.05, 0.1) is 0 Å². The predicted octanol–water partition coefficient (Wildman–Crippen LogP) is 7.12. The van der Waals surface area contributed by atoms with Gasteiger partial charge in [0, 0.05) is 0 Å². The molecule has 0 unspecified atom stereocenters. The second kappa shape index (κ2) is 9.73. The Morgan fingerprint density at radius 1 is 0.393 bits per heavy atom. The predicted molar refractivity (Wildman–Crippen MR) is 122 cm³/mol. The molecule has 146 valence electrons. The smallest absolute Gasteiger partial charge is 0.00229 e. The Morgan fingerprint density at radius 3 is 1.00 bits per heavy atom. The quantitative estimate of drug-likeness (QED) is 0.396. The summed E-state index contributed by atoms with van der Waals surface area (Å²) in [7, 11) is 0. The lowest BCUT2D eigenvalue weighted by Crippen LogP contribution is -2.02. The number of hydrogen-bond acceptors (Lipinski definition) is 0. The molecule has 28 heavy (non-hydrogen) atoms. The minimum absolute atomic E-state index is 1.03. The Hall–Kier alpha value is -2.34. The van der Waals surface area contributed by atoms with Gasteiger partial charge in [-0.2, -0.15) is 0 Å². The fraction of sp³-hybridized carbons (Fsp3) is 0.357. The Kier molecular flexibility index (Phi) is 7.09. The van der Waals surface area contributed by atoms with E-state index in [0.717, 1.165) is 38.5 Å². The first-order valence-electron chi connectivity index (χ1n) is 11.0. The van der Waals surface area contributed by atoms with Crippen LogP contribution in [0.3, 0.4) is 0 Å². The lowest BCUT2D eigenvalue weighted by Gasteiger charge is -2.16. The van der Waals surface area contributed by atoms with Crippen molar-refractivity contribution in [2.24, 2.45) is 0 Å². The van der Waals surface area contributed by atoms with Crippen LogP contribution in [0.2, 0.25) is 0 Å². The normalized spacial score (nSPS) is 11.0. The van der Waals surface area contributed by atoms with Crippen molar-refractivity contribution >= 4 is 0 Å². The first-order valence-corrected chi connectivity index (χ1v) is 11.0. The zero-order chi connectivity index (χ0) is 19.9. The molecule has 0 fully saturated rings. The highest BCUT2D eigenvalue weighted by Crippen LogP contribution is 2.24. The molecular weight excluding hydrogens is 336 g/mol. The van der Waals surface area contributed by atoms with E-state index in [4.69, 9.17) is 0 Å². The van der Waals surface area contributed by atoms with Crippen molar-refractivity contribution in [1.29, 1.82) is 0 Å². The van der Waals surface area contributed by atoms with Crippen molar-refractivity contribution in [3.63, 3.8) is 0 Å². The van der Waals surface area contributed by atoms with Crippen LogP contribution < -0.4 is 0 Å². The van der Waals surface area contributed by atoms with Gasteiger partial charge >= 0.3 is 0 Å². The van der Waals surface area contributed by atoms with Crippen molar-refractivity contribution < 1.29 is 0 Å². The summed E-state index contributed by atoms with van der Waals surface area (Å²) >= 11 is 0. The fourth-order valence-electron chi connectivity index (χ4n) is 4.00. The summed E-state index contributed by atoms with van der Waals surface area (Å²) in [4.78, 5) is 0. The average Bonchev–Trinajstić information content (AvgIpc) is 2.75. The number of hydrogen-bond donors (Lipinski definition) is 0. The highest BCUT2D eigenvalue weighted by atomic mass is 14.1. The van der Waals surface area contributed by atoms with Crippen molar-refractivity contribution in [1.82, 2.24) is 0 Å². The molecule has 0 aromatic heterocycles. The summed E-state index contributed by atoms with van der Waals surface area (Å²) in [6.45, 7) is 8.99. The molecule has 0 spiro atoms. The second-order valence-electron chi connectivity index (χ2n) is 7.79. The highest BCUT2D eigenvalue weighted by Gasteiger charge is 2.10. The summed E-state index contributed by atoms with van der Waals surface area (Å²) in [5.74, 6) is 0. The van der Waals surface area contributed by atoms with Crippen LogP contribution in [0.4, 0.5) is 0 Å². The topological polar surface area (TPSA) is 0 Å². The Bertz CT molecular complexity index is 805. The Balaban J connectivity index is 1.87. The molecule has 0 aliphatic heterocycles. The first kappa shape index (κ1) is 20.4. The largest absolute Gasteiger partial charge is 0.0613 e. The summed E-state index contributed by atoms with van der Waals surface area (Å²) < 4.78 is 0. The molecule has 0 aliphatic rings. The molecule has 0 bridgehead atoms. The maximum atomic E-state index is 2.47. The van der Waals surface area contributed by atoms with E-state index in [-0.39, 0.29) is 0 Å². The number of aryl methyl sites for hydroxylation is 4. The van der Waals surface area contributed by atoms with Gasteiger partial charge in [-0.15, -0.1) is 0 Å². The summed E-state index contributed by atoms with van der Waals surface area (Å²) in [6, 6.07) is 23.2. The molecule has 0 heterocycles. The van der Waals surface area contributed by atoms with Gasteiger partial charge in [0.2, 0.25) is 0 Å². The summed E-state index contributed by atoms with van der Waals surface area (Å²) in [6.07, 6.45) is 6.46. The molecule has 3 aromatic carbocycles. The van der Waals surface area contributed by atoms with Crippen LogP contribution in [0.15, 0.2) is 60.7 Å². The zero-order valence-electron chi connectivity index (χ0n) is 18.0. The standard InChI is InChI=1S/C28H34/c1-5-21-9-13-23(14-10-21)17-27-19-26(8-4)28(20-25(27)7-3)18-24-15-11-22(6-2)12-16-24/h9-16,19-20H,5-8,17-18H2,1-4H3. The maximum Gasteiger partial charge on any atom is -0.00229 e. The van der Waals surface area contributed by atoms with E-state index in [9.17, 15) is 0 Å². The molecule has 0 saturated heterocycles. The molecule has 3 aromatic rings. The van der Waals surface area contributed by atoms with Crippen LogP contribution in [0, 0.1) is 0 Å².